The van der Waals surface area contributed by atoms with E-state index in [2.05, 4.69) is 5.32 Å². The number of carbonyl (C=O) groups is 1. The first-order valence-electron chi connectivity index (χ1n) is 8.66. The highest BCUT2D eigenvalue weighted by Crippen LogP contribution is 2.20. The summed E-state index contributed by atoms with van der Waals surface area (Å²) < 4.78 is 1.36. The highest BCUT2D eigenvalue weighted by atomic mass is 16.6. The van der Waals surface area contributed by atoms with Crippen LogP contribution in [0.1, 0.15) is 27.0 Å². The Morgan fingerprint density at radius 2 is 1.75 bits per heavy atom. The maximum Gasteiger partial charge on any atom is 0.269 e. The van der Waals surface area contributed by atoms with Gasteiger partial charge in [0, 0.05) is 30.1 Å². The van der Waals surface area contributed by atoms with Gasteiger partial charge in [-0.05, 0) is 36.6 Å². The molecule has 0 aliphatic heterocycles. The third-order valence-electron chi connectivity index (χ3n) is 4.44. The number of aryl methyl sites for hydroxylation is 2. The number of para-hydroxylation sites is 1. The second-order valence-electron chi connectivity index (χ2n) is 6.53. The molecule has 0 spiro atoms. The molecule has 28 heavy (non-hydrogen) atoms. The summed E-state index contributed by atoms with van der Waals surface area (Å²) in [6.07, 6.45) is 1.46. The Kier molecular flexibility index (Phi) is 5.35. The molecule has 0 saturated carbocycles. The number of benzene rings is 2. The fourth-order valence-corrected chi connectivity index (χ4v) is 2.95. The lowest BCUT2D eigenvalue weighted by Crippen LogP contribution is -2.23. The summed E-state index contributed by atoms with van der Waals surface area (Å²) >= 11 is 0. The van der Waals surface area contributed by atoms with Crippen molar-refractivity contribution in [3.05, 3.63) is 104 Å². The van der Waals surface area contributed by atoms with Crippen LogP contribution in [-0.4, -0.2) is 15.4 Å². The van der Waals surface area contributed by atoms with E-state index in [1.807, 2.05) is 32.0 Å². The molecular weight excluding hydrogens is 358 g/mol. The Labute approximate surface area is 161 Å². The largest absolute Gasteiger partial charge is 0.321 e. The van der Waals surface area contributed by atoms with E-state index in [4.69, 9.17) is 0 Å². The molecule has 1 aromatic heterocycles. The normalized spacial score (nSPS) is 10.5. The molecule has 0 aliphatic carbocycles. The van der Waals surface area contributed by atoms with E-state index in [-0.39, 0.29) is 23.7 Å². The summed E-state index contributed by atoms with van der Waals surface area (Å²) in [5.74, 6) is -0.329. The van der Waals surface area contributed by atoms with Crippen molar-refractivity contribution >= 4 is 17.3 Å². The molecule has 0 saturated heterocycles. The second kappa shape index (κ2) is 7.87. The highest BCUT2D eigenvalue weighted by Gasteiger charge is 2.12. The van der Waals surface area contributed by atoms with Gasteiger partial charge in [-0.15, -0.1) is 0 Å². The van der Waals surface area contributed by atoms with E-state index in [1.165, 1.54) is 35.0 Å². The molecule has 1 N–H and O–H groups in total. The zero-order valence-corrected chi connectivity index (χ0v) is 15.5. The topological polar surface area (TPSA) is 94.2 Å². The number of hydrogen-bond acceptors (Lipinski definition) is 4. The Morgan fingerprint density at radius 3 is 2.43 bits per heavy atom. The SMILES string of the molecule is Cc1cccc(C)c1NC(=O)c1ccc(=O)n(Cc2cccc([N+](=O)[O-])c2)c1. The fraction of sp³-hybridized carbons (Fsp3) is 0.143. The maximum absolute atomic E-state index is 12.7. The quantitative estimate of drug-likeness (QED) is 0.542. The van der Waals surface area contributed by atoms with Gasteiger partial charge in [0.05, 0.1) is 17.0 Å². The molecule has 0 atom stereocenters. The van der Waals surface area contributed by atoms with E-state index in [1.54, 1.807) is 12.1 Å². The van der Waals surface area contributed by atoms with Gasteiger partial charge < -0.3 is 9.88 Å². The number of nitro groups is 1. The standard InChI is InChI=1S/C21H19N3O4/c1-14-5-3-6-15(2)20(14)22-21(26)17-9-10-19(25)23(13-17)12-16-7-4-8-18(11-16)24(27)28/h3-11,13H,12H2,1-2H3,(H,22,26). The van der Waals surface area contributed by atoms with Gasteiger partial charge in [0.1, 0.15) is 0 Å². The van der Waals surface area contributed by atoms with Crippen molar-refractivity contribution in [2.24, 2.45) is 0 Å². The number of amides is 1. The Bertz CT molecular complexity index is 1100. The van der Waals surface area contributed by atoms with Gasteiger partial charge in [0.2, 0.25) is 0 Å². The van der Waals surface area contributed by atoms with Crippen LogP contribution in [-0.2, 0) is 6.54 Å². The molecule has 2 aromatic carbocycles. The predicted molar refractivity (Wildman–Crippen MR) is 107 cm³/mol. The molecule has 3 rings (SSSR count). The van der Waals surface area contributed by atoms with Gasteiger partial charge in [-0.25, -0.2) is 0 Å². The molecule has 0 fully saturated rings. The van der Waals surface area contributed by atoms with Gasteiger partial charge >= 0.3 is 0 Å². The van der Waals surface area contributed by atoms with Crippen LogP contribution in [0.25, 0.3) is 0 Å². The highest BCUT2D eigenvalue weighted by molar-refractivity contribution is 6.04. The molecule has 3 aromatic rings. The molecule has 0 unspecified atom stereocenters. The van der Waals surface area contributed by atoms with Crippen LogP contribution >= 0.6 is 0 Å². The number of nitrogens with zero attached hydrogens (tertiary/aromatic N) is 2. The number of non-ortho nitro benzene ring substituents is 1. The molecule has 7 heteroatoms. The Balaban J connectivity index is 1.87. The monoisotopic (exact) mass is 377 g/mol. The first-order valence-corrected chi connectivity index (χ1v) is 8.66. The first-order chi connectivity index (χ1) is 13.3. The van der Waals surface area contributed by atoms with Crippen LogP contribution < -0.4 is 10.9 Å². The Morgan fingerprint density at radius 1 is 1.07 bits per heavy atom. The summed E-state index contributed by atoms with van der Waals surface area (Å²) in [6, 6.07) is 14.6. The number of aromatic nitrogens is 1. The first kappa shape index (κ1) is 19.0. The number of nitrogens with one attached hydrogen (secondary N) is 1. The molecule has 7 nitrogen and oxygen atoms in total. The summed E-state index contributed by atoms with van der Waals surface area (Å²) in [6.45, 7) is 3.95. The van der Waals surface area contributed by atoms with Gasteiger partial charge in [0.25, 0.3) is 17.2 Å². The zero-order valence-electron chi connectivity index (χ0n) is 15.5. The van der Waals surface area contributed by atoms with E-state index >= 15 is 0 Å². The minimum Gasteiger partial charge on any atom is -0.321 e. The minimum atomic E-state index is -0.485. The lowest BCUT2D eigenvalue weighted by molar-refractivity contribution is -0.384. The smallest absolute Gasteiger partial charge is 0.269 e. The van der Waals surface area contributed by atoms with Gasteiger partial charge in [-0.2, -0.15) is 0 Å². The third-order valence-corrected chi connectivity index (χ3v) is 4.44. The summed E-state index contributed by atoms with van der Waals surface area (Å²) in [4.78, 5) is 35.3. The van der Waals surface area contributed by atoms with Crippen molar-refractivity contribution in [1.82, 2.24) is 4.57 Å². The van der Waals surface area contributed by atoms with Crippen molar-refractivity contribution in [3.63, 3.8) is 0 Å². The molecule has 0 aliphatic rings. The number of pyridine rings is 1. The average molecular weight is 377 g/mol. The second-order valence-corrected chi connectivity index (χ2v) is 6.53. The van der Waals surface area contributed by atoms with Gasteiger partial charge in [-0.1, -0.05) is 30.3 Å². The van der Waals surface area contributed by atoms with Crippen LogP contribution in [0.2, 0.25) is 0 Å². The zero-order chi connectivity index (χ0) is 20.3. The maximum atomic E-state index is 12.7. The van der Waals surface area contributed by atoms with Crippen LogP contribution in [0, 0.1) is 24.0 Å². The lowest BCUT2D eigenvalue weighted by atomic mass is 10.1. The average Bonchev–Trinajstić information content (AvgIpc) is 2.66. The number of carbonyl (C=O) groups excluding carboxylic acids is 1. The van der Waals surface area contributed by atoms with E-state index in [0.29, 0.717) is 11.1 Å². The summed E-state index contributed by atoms with van der Waals surface area (Å²) in [5, 5.41) is 13.8. The number of hydrogen-bond donors (Lipinski definition) is 1. The molecule has 142 valence electrons. The molecular formula is C21H19N3O4. The third kappa shape index (κ3) is 4.15. The van der Waals surface area contributed by atoms with Crippen LogP contribution in [0.5, 0.6) is 0 Å². The Hall–Kier alpha value is -3.74. The number of anilines is 1. The molecule has 0 radical (unpaired) electrons. The lowest BCUT2D eigenvalue weighted by Gasteiger charge is -2.12. The van der Waals surface area contributed by atoms with Gasteiger partial charge in [0.15, 0.2) is 0 Å². The van der Waals surface area contributed by atoms with Crippen molar-refractivity contribution in [2.75, 3.05) is 5.32 Å². The summed E-state index contributed by atoms with van der Waals surface area (Å²) in [5.41, 5.74) is 3.21. The van der Waals surface area contributed by atoms with Crippen LogP contribution in [0.4, 0.5) is 11.4 Å². The molecule has 1 amide bonds. The summed E-state index contributed by atoms with van der Waals surface area (Å²) in [7, 11) is 0. The van der Waals surface area contributed by atoms with Crippen molar-refractivity contribution < 1.29 is 9.72 Å². The minimum absolute atomic E-state index is 0.0468. The van der Waals surface area contributed by atoms with Gasteiger partial charge in [-0.3, -0.25) is 19.7 Å². The van der Waals surface area contributed by atoms with E-state index in [0.717, 1.165) is 16.8 Å². The van der Waals surface area contributed by atoms with E-state index < -0.39 is 4.92 Å². The van der Waals surface area contributed by atoms with Crippen LogP contribution in [0.3, 0.4) is 0 Å². The fourth-order valence-electron chi connectivity index (χ4n) is 2.95. The van der Waals surface area contributed by atoms with E-state index in [9.17, 15) is 19.7 Å². The molecule has 1 heterocycles. The number of rotatable bonds is 5. The predicted octanol–water partition coefficient (Wildman–Crippen LogP) is 3.67. The van der Waals surface area contributed by atoms with Crippen LogP contribution in [0.15, 0.2) is 65.6 Å². The number of nitro benzene ring substituents is 1. The molecule has 0 bridgehead atoms. The van der Waals surface area contributed by atoms with Crippen molar-refractivity contribution in [1.29, 1.82) is 0 Å². The van der Waals surface area contributed by atoms with Crippen molar-refractivity contribution in [2.45, 2.75) is 20.4 Å². The van der Waals surface area contributed by atoms with Crippen molar-refractivity contribution in [3.8, 4) is 0 Å².